The fourth-order valence-electron chi connectivity index (χ4n) is 3.53. The van der Waals surface area contributed by atoms with Crippen molar-refractivity contribution in [3.05, 3.63) is 101 Å². The molecule has 4 N–H and O–H groups in total. The Hall–Kier alpha value is -4.66. The maximum atomic E-state index is 12.8. The van der Waals surface area contributed by atoms with E-state index in [1.807, 2.05) is 41.9 Å². The number of carbonyl (C=O) groups excluding carboxylic acids is 3. The number of pyridine rings is 1. The molecular formula is C26H25N5O4. The van der Waals surface area contributed by atoms with Gasteiger partial charge in [0, 0.05) is 24.5 Å². The number of nitrogens with two attached hydrogens (primary N) is 1. The number of ether oxygens (including phenoxy) is 1. The second-order valence-corrected chi connectivity index (χ2v) is 7.97. The van der Waals surface area contributed by atoms with E-state index < -0.39 is 11.8 Å². The van der Waals surface area contributed by atoms with Crippen LogP contribution in [0.25, 0.3) is 5.65 Å². The van der Waals surface area contributed by atoms with Gasteiger partial charge in [0.25, 0.3) is 11.8 Å². The van der Waals surface area contributed by atoms with Crippen molar-refractivity contribution in [3.63, 3.8) is 0 Å². The molecule has 9 nitrogen and oxygen atoms in total. The van der Waals surface area contributed by atoms with Crippen molar-refractivity contribution in [3.8, 4) is 5.75 Å². The zero-order chi connectivity index (χ0) is 24.8. The van der Waals surface area contributed by atoms with Crippen LogP contribution in [0, 0.1) is 6.92 Å². The van der Waals surface area contributed by atoms with E-state index in [-0.39, 0.29) is 25.6 Å². The van der Waals surface area contributed by atoms with Crippen molar-refractivity contribution in [2.75, 3.05) is 6.54 Å². The van der Waals surface area contributed by atoms with Crippen LogP contribution in [0.3, 0.4) is 0 Å². The third-order valence-corrected chi connectivity index (χ3v) is 5.33. The summed E-state index contributed by atoms with van der Waals surface area (Å²) in [6.07, 6.45) is 3.84. The van der Waals surface area contributed by atoms with Gasteiger partial charge in [-0.3, -0.25) is 14.4 Å². The number of nitrogens with one attached hydrogen (secondary N) is 2. The molecule has 0 aliphatic carbocycles. The zero-order valence-corrected chi connectivity index (χ0v) is 19.2. The predicted molar refractivity (Wildman–Crippen MR) is 130 cm³/mol. The highest BCUT2D eigenvalue weighted by molar-refractivity contribution is 5.97. The average molecular weight is 472 g/mol. The molecule has 0 unspecified atom stereocenters. The second-order valence-electron chi connectivity index (χ2n) is 7.97. The van der Waals surface area contributed by atoms with Crippen LogP contribution >= 0.6 is 0 Å². The number of hydrogen-bond acceptors (Lipinski definition) is 5. The summed E-state index contributed by atoms with van der Waals surface area (Å²) in [7, 11) is 0. The highest BCUT2D eigenvalue weighted by Crippen LogP contribution is 2.20. The van der Waals surface area contributed by atoms with Crippen LogP contribution in [0.5, 0.6) is 5.75 Å². The number of aromatic nitrogens is 2. The molecule has 0 radical (unpaired) electrons. The minimum absolute atomic E-state index is 0.227. The number of para-hydroxylation sites is 1. The Labute approximate surface area is 201 Å². The van der Waals surface area contributed by atoms with E-state index in [4.69, 9.17) is 10.5 Å². The first kappa shape index (κ1) is 23.5. The number of primary amides is 1. The van der Waals surface area contributed by atoms with Crippen molar-refractivity contribution in [1.29, 1.82) is 0 Å². The van der Waals surface area contributed by atoms with Crippen LogP contribution in [0.15, 0.2) is 73.1 Å². The molecule has 178 valence electrons. The number of nitrogens with zero attached hydrogens (tertiary/aromatic N) is 2. The topological polar surface area (TPSA) is 128 Å². The van der Waals surface area contributed by atoms with Gasteiger partial charge >= 0.3 is 0 Å². The average Bonchev–Trinajstić information content (AvgIpc) is 3.29. The summed E-state index contributed by atoms with van der Waals surface area (Å²) in [5.41, 5.74) is 9.34. The minimum atomic E-state index is -0.615. The number of rotatable bonds is 9. The molecule has 0 bridgehead atoms. The fraction of sp³-hybridized carbons (Fsp3) is 0.154. The van der Waals surface area contributed by atoms with Gasteiger partial charge in [0.15, 0.2) is 0 Å². The number of fused-ring (bicyclic) bond motifs is 1. The van der Waals surface area contributed by atoms with Gasteiger partial charge in [-0.25, -0.2) is 4.98 Å². The van der Waals surface area contributed by atoms with Crippen molar-refractivity contribution < 1.29 is 19.1 Å². The number of benzene rings is 2. The van der Waals surface area contributed by atoms with E-state index in [2.05, 4.69) is 15.6 Å². The number of imidazole rings is 1. The molecule has 2 aromatic heterocycles. The summed E-state index contributed by atoms with van der Waals surface area (Å²) in [6, 6.07) is 17.7. The Morgan fingerprint density at radius 2 is 1.74 bits per heavy atom. The lowest BCUT2D eigenvalue weighted by atomic mass is 10.1. The summed E-state index contributed by atoms with van der Waals surface area (Å²) in [4.78, 5) is 40.2. The van der Waals surface area contributed by atoms with Gasteiger partial charge in [-0.05, 0) is 48.4 Å². The maximum absolute atomic E-state index is 12.8. The third kappa shape index (κ3) is 5.83. The molecule has 4 aromatic rings. The van der Waals surface area contributed by atoms with E-state index >= 15 is 0 Å². The number of aryl methyl sites for hydroxylation is 1. The quantitative estimate of drug-likeness (QED) is 0.345. The highest BCUT2D eigenvalue weighted by Gasteiger charge is 2.13. The second kappa shape index (κ2) is 10.5. The van der Waals surface area contributed by atoms with Crippen molar-refractivity contribution in [2.45, 2.75) is 20.1 Å². The first-order chi connectivity index (χ1) is 16.9. The molecule has 0 saturated heterocycles. The third-order valence-electron chi connectivity index (χ3n) is 5.33. The van der Waals surface area contributed by atoms with Crippen molar-refractivity contribution in [1.82, 2.24) is 20.0 Å². The molecule has 2 aromatic carbocycles. The summed E-state index contributed by atoms with van der Waals surface area (Å²) < 4.78 is 7.88. The van der Waals surface area contributed by atoms with Gasteiger partial charge in [-0.1, -0.05) is 30.3 Å². The summed E-state index contributed by atoms with van der Waals surface area (Å²) in [6.45, 7) is 2.26. The standard InChI is InChI=1S/C26H25N5O4/c1-17-5-4-12-31-15-20(30-24(17)31)16-35-22-7-3-2-6-21(22)26(34)28-13-18-8-10-19(11-9-18)25(33)29-14-23(27)32/h2-12,15H,13-14,16H2,1H3,(H2,27,32)(H,28,34)(H,29,33). The lowest BCUT2D eigenvalue weighted by Crippen LogP contribution is -2.33. The van der Waals surface area contributed by atoms with Gasteiger partial charge in [0.1, 0.15) is 18.0 Å². The number of amides is 3. The Morgan fingerprint density at radius 3 is 2.49 bits per heavy atom. The molecule has 0 atom stereocenters. The van der Waals surface area contributed by atoms with E-state index in [1.165, 1.54) is 0 Å². The normalized spacial score (nSPS) is 10.7. The first-order valence-corrected chi connectivity index (χ1v) is 11.0. The zero-order valence-electron chi connectivity index (χ0n) is 19.2. The Bertz CT molecular complexity index is 1380. The van der Waals surface area contributed by atoms with Crippen LogP contribution in [0.2, 0.25) is 0 Å². The highest BCUT2D eigenvalue weighted by atomic mass is 16.5. The monoisotopic (exact) mass is 471 g/mol. The molecule has 2 heterocycles. The van der Waals surface area contributed by atoms with Gasteiger partial charge in [0.05, 0.1) is 17.8 Å². The Kier molecular flexibility index (Phi) is 7.06. The van der Waals surface area contributed by atoms with E-state index in [1.54, 1.807) is 42.5 Å². The van der Waals surface area contributed by atoms with Gasteiger partial charge in [0.2, 0.25) is 5.91 Å². The molecule has 0 aliphatic heterocycles. The molecule has 0 fully saturated rings. The lowest BCUT2D eigenvalue weighted by Gasteiger charge is -2.11. The smallest absolute Gasteiger partial charge is 0.255 e. The van der Waals surface area contributed by atoms with Crippen molar-refractivity contribution >= 4 is 23.4 Å². The molecule has 3 amide bonds. The number of hydrogen-bond donors (Lipinski definition) is 3. The lowest BCUT2D eigenvalue weighted by molar-refractivity contribution is -0.117. The molecule has 0 saturated carbocycles. The van der Waals surface area contributed by atoms with E-state index in [9.17, 15) is 14.4 Å². The number of carbonyl (C=O) groups is 3. The van der Waals surface area contributed by atoms with Crippen LogP contribution in [0.4, 0.5) is 0 Å². The minimum Gasteiger partial charge on any atom is -0.486 e. The van der Waals surface area contributed by atoms with E-state index in [0.29, 0.717) is 16.9 Å². The summed E-state index contributed by atoms with van der Waals surface area (Å²) in [5, 5.41) is 5.30. The fourth-order valence-corrected chi connectivity index (χ4v) is 3.53. The molecule has 0 spiro atoms. The molecule has 0 aliphatic rings. The maximum Gasteiger partial charge on any atom is 0.255 e. The molecule has 9 heteroatoms. The Morgan fingerprint density at radius 1 is 0.971 bits per heavy atom. The van der Waals surface area contributed by atoms with Crippen LogP contribution in [-0.2, 0) is 17.9 Å². The van der Waals surface area contributed by atoms with Crippen molar-refractivity contribution in [2.24, 2.45) is 5.73 Å². The summed E-state index contributed by atoms with van der Waals surface area (Å²) in [5.74, 6) is -0.836. The Balaban J connectivity index is 1.36. The van der Waals surface area contributed by atoms with Gasteiger partial charge in [-0.2, -0.15) is 0 Å². The van der Waals surface area contributed by atoms with Gasteiger partial charge in [-0.15, -0.1) is 0 Å². The summed E-state index contributed by atoms with van der Waals surface area (Å²) >= 11 is 0. The SMILES string of the molecule is Cc1cccn2cc(COc3ccccc3C(=O)NCc3ccc(C(=O)NCC(N)=O)cc3)nc12. The van der Waals surface area contributed by atoms with E-state index in [0.717, 1.165) is 22.5 Å². The first-order valence-electron chi connectivity index (χ1n) is 11.0. The van der Waals surface area contributed by atoms with Crippen LogP contribution in [-0.4, -0.2) is 33.7 Å². The van der Waals surface area contributed by atoms with Crippen LogP contribution in [0.1, 0.15) is 37.5 Å². The predicted octanol–water partition coefficient (Wildman–Crippen LogP) is 2.37. The van der Waals surface area contributed by atoms with Gasteiger partial charge < -0.3 is 25.5 Å². The van der Waals surface area contributed by atoms with Crippen LogP contribution < -0.4 is 21.1 Å². The largest absolute Gasteiger partial charge is 0.486 e. The molecule has 4 rings (SSSR count). The molecule has 35 heavy (non-hydrogen) atoms. The molecular weight excluding hydrogens is 446 g/mol.